The first-order valence-electron chi connectivity index (χ1n) is 2.58. The van der Waals surface area contributed by atoms with Crippen LogP contribution in [-0.4, -0.2) is 13.6 Å². The second-order valence-corrected chi connectivity index (χ2v) is 1.47. The summed E-state index contributed by atoms with van der Waals surface area (Å²) in [4.78, 5) is 0. The average Bonchev–Trinajstić information content (AvgIpc) is 1.69. The molecule has 0 bridgehead atoms. The van der Waals surface area contributed by atoms with Crippen molar-refractivity contribution < 1.29 is 0 Å². The summed E-state index contributed by atoms with van der Waals surface area (Å²) in [6, 6.07) is 0. The maximum Gasteiger partial charge on any atom is 0.0133 e. The molecule has 1 heteroatoms. The Balaban J connectivity index is 2.56. The third-order valence-corrected chi connectivity index (χ3v) is 0.790. The second kappa shape index (κ2) is 5.70. The Morgan fingerprint density at radius 2 is 2.43 bits per heavy atom. The van der Waals surface area contributed by atoms with Crippen molar-refractivity contribution in [3.63, 3.8) is 0 Å². The SMILES string of the molecule is C=CCCC[N]C. The lowest BCUT2D eigenvalue weighted by Crippen LogP contribution is -1.97. The molecule has 0 saturated carbocycles. The molecule has 0 aliphatic rings. The fourth-order valence-corrected chi connectivity index (χ4v) is 0.394. The second-order valence-electron chi connectivity index (χ2n) is 1.47. The highest BCUT2D eigenvalue weighted by Crippen LogP contribution is 1.84. The molecular formula is C6H12N. The van der Waals surface area contributed by atoms with Crippen molar-refractivity contribution in [1.82, 2.24) is 5.32 Å². The predicted molar refractivity (Wildman–Crippen MR) is 32.4 cm³/mol. The first-order valence-corrected chi connectivity index (χ1v) is 2.58. The van der Waals surface area contributed by atoms with Gasteiger partial charge in [-0.1, -0.05) is 6.08 Å². The van der Waals surface area contributed by atoms with E-state index >= 15 is 0 Å². The fourth-order valence-electron chi connectivity index (χ4n) is 0.394. The van der Waals surface area contributed by atoms with Crippen LogP contribution in [0, 0.1) is 0 Å². The molecule has 0 N–H and O–H groups in total. The molecule has 0 aliphatic heterocycles. The van der Waals surface area contributed by atoms with Gasteiger partial charge < -0.3 is 0 Å². The van der Waals surface area contributed by atoms with E-state index in [0.717, 1.165) is 19.4 Å². The Bertz CT molecular complexity index is 41.4. The Kier molecular flexibility index (Phi) is 5.46. The van der Waals surface area contributed by atoms with Crippen molar-refractivity contribution in [1.29, 1.82) is 0 Å². The molecule has 0 aromatic heterocycles. The van der Waals surface area contributed by atoms with E-state index in [4.69, 9.17) is 0 Å². The molecule has 7 heavy (non-hydrogen) atoms. The normalized spacial score (nSPS) is 8.71. The summed E-state index contributed by atoms with van der Waals surface area (Å²) in [7, 11) is 1.84. The highest BCUT2D eigenvalue weighted by atomic mass is 14.8. The Morgan fingerprint density at radius 1 is 1.71 bits per heavy atom. The molecule has 0 atom stereocenters. The molecule has 0 aromatic rings. The van der Waals surface area contributed by atoms with Crippen molar-refractivity contribution in [2.75, 3.05) is 13.6 Å². The van der Waals surface area contributed by atoms with Gasteiger partial charge in [-0.05, 0) is 12.8 Å². The van der Waals surface area contributed by atoms with Gasteiger partial charge in [0.15, 0.2) is 0 Å². The Morgan fingerprint density at radius 3 is 2.86 bits per heavy atom. The highest BCUT2D eigenvalue weighted by molar-refractivity contribution is 4.65. The molecular weight excluding hydrogens is 86.1 g/mol. The van der Waals surface area contributed by atoms with Crippen LogP contribution in [0.2, 0.25) is 0 Å². The van der Waals surface area contributed by atoms with E-state index in [1.54, 1.807) is 0 Å². The van der Waals surface area contributed by atoms with Gasteiger partial charge in [0.2, 0.25) is 0 Å². The summed E-state index contributed by atoms with van der Waals surface area (Å²) in [6.45, 7) is 4.57. The van der Waals surface area contributed by atoms with E-state index in [0.29, 0.717) is 0 Å². The molecule has 0 amide bonds. The van der Waals surface area contributed by atoms with Crippen LogP contribution in [0.3, 0.4) is 0 Å². The van der Waals surface area contributed by atoms with Gasteiger partial charge >= 0.3 is 0 Å². The maximum absolute atomic E-state index is 3.93. The molecule has 1 nitrogen and oxygen atoms in total. The summed E-state index contributed by atoms with van der Waals surface area (Å²) in [5, 5.41) is 3.93. The van der Waals surface area contributed by atoms with Crippen molar-refractivity contribution in [2.45, 2.75) is 12.8 Å². The third-order valence-electron chi connectivity index (χ3n) is 0.790. The van der Waals surface area contributed by atoms with Gasteiger partial charge in [0.25, 0.3) is 0 Å². The minimum absolute atomic E-state index is 0.978. The minimum atomic E-state index is 0.978. The van der Waals surface area contributed by atoms with Crippen molar-refractivity contribution in [3.8, 4) is 0 Å². The molecule has 0 saturated heterocycles. The molecule has 0 rings (SSSR count). The zero-order chi connectivity index (χ0) is 5.54. The third kappa shape index (κ3) is 5.70. The molecule has 1 radical (unpaired) electrons. The number of unbranched alkanes of at least 4 members (excludes halogenated alkanes) is 1. The van der Waals surface area contributed by atoms with Crippen LogP contribution >= 0.6 is 0 Å². The quantitative estimate of drug-likeness (QED) is 0.370. The van der Waals surface area contributed by atoms with Gasteiger partial charge in [0.05, 0.1) is 0 Å². The predicted octanol–water partition coefficient (Wildman–Crippen LogP) is 1.19. The monoisotopic (exact) mass is 98.1 g/mol. The lowest BCUT2D eigenvalue weighted by molar-refractivity contribution is 0.724. The largest absolute Gasteiger partial charge is 0.245 e. The number of allylic oxidation sites excluding steroid dienone is 1. The van der Waals surface area contributed by atoms with Gasteiger partial charge in [-0.15, -0.1) is 6.58 Å². The van der Waals surface area contributed by atoms with Gasteiger partial charge in [0.1, 0.15) is 0 Å². The van der Waals surface area contributed by atoms with E-state index in [1.165, 1.54) is 0 Å². The zero-order valence-electron chi connectivity index (χ0n) is 4.85. The topological polar surface area (TPSA) is 14.1 Å². The van der Waals surface area contributed by atoms with E-state index in [2.05, 4.69) is 11.9 Å². The number of nitrogens with zero attached hydrogens (tertiary/aromatic N) is 1. The summed E-state index contributed by atoms with van der Waals surface area (Å²) in [6.07, 6.45) is 4.17. The van der Waals surface area contributed by atoms with E-state index < -0.39 is 0 Å². The van der Waals surface area contributed by atoms with Gasteiger partial charge in [-0.2, -0.15) is 0 Å². The standard InChI is InChI=1S/C6H12N/c1-3-4-5-6-7-2/h3H,1,4-6H2,2H3. The van der Waals surface area contributed by atoms with Crippen LogP contribution in [0.1, 0.15) is 12.8 Å². The smallest absolute Gasteiger partial charge is 0.0133 e. The Hall–Kier alpha value is -0.300. The van der Waals surface area contributed by atoms with Crippen LogP contribution in [0.5, 0.6) is 0 Å². The molecule has 0 aliphatic carbocycles. The summed E-state index contributed by atoms with van der Waals surface area (Å²) in [5.41, 5.74) is 0. The fraction of sp³-hybridized carbons (Fsp3) is 0.667. The molecule has 0 aromatic carbocycles. The zero-order valence-corrected chi connectivity index (χ0v) is 4.85. The lowest BCUT2D eigenvalue weighted by Gasteiger charge is -1.88. The molecule has 0 spiro atoms. The molecule has 0 unspecified atom stereocenters. The summed E-state index contributed by atoms with van der Waals surface area (Å²) in [5.74, 6) is 0. The first kappa shape index (κ1) is 6.70. The summed E-state index contributed by atoms with van der Waals surface area (Å²) < 4.78 is 0. The number of hydrogen-bond acceptors (Lipinski definition) is 0. The van der Waals surface area contributed by atoms with E-state index in [9.17, 15) is 0 Å². The van der Waals surface area contributed by atoms with Gasteiger partial charge in [-0.3, -0.25) is 0 Å². The molecule has 0 fully saturated rings. The van der Waals surface area contributed by atoms with Gasteiger partial charge in [-0.25, -0.2) is 5.32 Å². The van der Waals surface area contributed by atoms with Crippen molar-refractivity contribution >= 4 is 0 Å². The summed E-state index contributed by atoms with van der Waals surface area (Å²) >= 11 is 0. The highest BCUT2D eigenvalue weighted by Gasteiger charge is 1.77. The van der Waals surface area contributed by atoms with E-state index in [1.807, 2.05) is 13.1 Å². The van der Waals surface area contributed by atoms with Crippen LogP contribution < -0.4 is 5.32 Å². The van der Waals surface area contributed by atoms with Crippen molar-refractivity contribution in [3.05, 3.63) is 12.7 Å². The minimum Gasteiger partial charge on any atom is -0.245 e. The van der Waals surface area contributed by atoms with Crippen LogP contribution in [0.4, 0.5) is 0 Å². The number of rotatable bonds is 4. The lowest BCUT2D eigenvalue weighted by atomic mass is 10.3. The molecule has 41 valence electrons. The van der Waals surface area contributed by atoms with Crippen LogP contribution in [0.25, 0.3) is 0 Å². The average molecular weight is 98.2 g/mol. The molecule has 0 heterocycles. The van der Waals surface area contributed by atoms with Gasteiger partial charge in [0, 0.05) is 13.6 Å². The first-order chi connectivity index (χ1) is 3.41. The Labute approximate surface area is 45.4 Å². The number of hydrogen-bond donors (Lipinski definition) is 0. The van der Waals surface area contributed by atoms with Crippen LogP contribution in [0.15, 0.2) is 12.7 Å². The maximum atomic E-state index is 3.93. The van der Waals surface area contributed by atoms with Crippen molar-refractivity contribution in [2.24, 2.45) is 0 Å². The van der Waals surface area contributed by atoms with E-state index in [-0.39, 0.29) is 0 Å². The van der Waals surface area contributed by atoms with Crippen LogP contribution in [-0.2, 0) is 0 Å².